The molecular formula is C13H25NO2. The summed E-state index contributed by atoms with van der Waals surface area (Å²) in [5.41, 5.74) is 0. The Morgan fingerprint density at radius 2 is 1.94 bits per heavy atom. The maximum Gasteiger partial charge on any atom is 0.306 e. The Balaban J connectivity index is 2.32. The first-order valence-electron chi connectivity index (χ1n) is 6.48. The van der Waals surface area contributed by atoms with Crippen LogP contribution in [0.25, 0.3) is 0 Å². The zero-order chi connectivity index (χ0) is 12.0. The topological polar surface area (TPSA) is 29.5 Å². The predicted molar refractivity (Wildman–Crippen MR) is 65.3 cm³/mol. The molecule has 3 nitrogen and oxygen atoms in total. The standard InChI is InChI=1S/C13H25NO2/c1-4-14(10-9-13(15)16-3)12-7-5-11(2)6-8-12/h11-12H,4-10H2,1-3H3. The zero-order valence-corrected chi connectivity index (χ0v) is 10.9. The number of hydrogen-bond acceptors (Lipinski definition) is 3. The minimum absolute atomic E-state index is 0.0948. The van der Waals surface area contributed by atoms with Gasteiger partial charge >= 0.3 is 5.97 Å². The lowest BCUT2D eigenvalue weighted by molar-refractivity contribution is -0.141. The van der Waals surface area contributed by atoms with Gasteiger partial charge in [-0.2, -0.15) is 0 Å². The van der Waals surface area contributed by atoms with E-state index in [0.717, 1.165) is 19.0 Å². The van der Waals surface area contributed by atoms with Crippen molar-refractivity contribution in [1.82, 2.24) is 4.90 Å². The quantitative estimate of drug-likeness (QED) is 0.676. The van der Waals surface area contributed by atoms with Crippen LogP contribution in [0, 0.1) is 5.92 Å². The van der Waals surface area contributed by atoms with E-state index >= 15 is 0 Å². The molecule has 0 bridgehead atoms. The van der Waals surface area contributed by atoms with Gasteiger partial charge in [0.05, 0.1) is 13.5 Å². The third-order valence-corrected chi connectivity index (χ3v) is 3.74. The van der Waals surface area contributed by atoms with E-state index in [9.17, 15) is 4.79 Å². The molecule has 0 aromatic rings. The number of ether oxygens (including phenoxy) is 1. The van der Waals surface area contributed by atoms with E-state index in [0.29, 0.717) is 12.5 Å². The van der Waals surface area contributed by atoms with Crippen LogP contribution in [0.2, 0.25) is 0 Å². The van der Waals surface area contributed by atoms with Gasteiger partial charge in [0.2, 0.25) is 0 Å². The Labute approximate surface area is 99.1 Å². The summed E-state index contributed by atoms with van der Waals surface area (Å²) in [6, 6.07) is 0.686. The van der Waals surface area contributed by atoms with Gasteiger partial charge in [0.15, 0.2) is 0 Å². The molecule has 0 spiro atoms. The highest BCUT2D eigenvalue weighted by Gasteiger charge is 2.23. The van der Waals surface area contributed by atoms with Crippen LogP contribution in [-0.4, -0.2) is 37.1 Å². The predicted octanol–water partition coefficient (Wildman–Crippen LogP) is 2.45. The maximum absolute atomic E-state index is 11.1. The Morgan fingerprint density at radius 1 is 1.31 bits per heavy atom. The van der Waals surface area contributed by atoms with E-state index in [1.54, 1.807) is 0 Å². The average Bonchev–Trinajstić information content (AvgIpc) is 2.31. The summed E-state index contributed by atoms with van der Waals surface area (Å²) in [6.45, 7) is 6.40. The molecule has 0 saturated heterocycles. The molecule has 0 heterocycles. The Hall–Kier alpha value is -0.570. The summed E-state index contributed by atoms with van der Waals surface area (Å²) in [4.78, 5) is 13.6. The lowest BCUT2D eigenvalue weighted by atomic mass is 9.86. The van der Waals surface area contributed by atoms with Crippen LogP contribution < -0.4 is 0 Å². The molecule has 3 heteroatoms. The molecule has 1 fully saturated rings. The molecule has 0 unspecified atom stereocenters. The molecule has 0 amide bonds. The van der Waals surface area contributed by atoms with Crippen LogP contribution in [0.5, 0.6) is 0 Å². The van der Waals surface area contributed by atoms with Gasteiger partial charge in [-0.05, 0) is 38.1 Å². The van der Waals surface area contributed by atoms with E-state index in [2.05, 4.69) is 23.5 Å². The van der Waals surface area contributed by atoms with Crippen molar-refractivity contribution in [2.75, 3.05) is 20.2 Å². The summed E-state index contributed by atoms with van der Waals surface area (Å²) >= 11 is 0. The molecule has 0 radical (unpaired) electrons. The van der Waals surface area contributed by atoms with Crippen molar-refractivity contribution in [2.45, 2.75) is 52.0 Å². The van der Waals surface area contributed by atoms with Gasteiger partial charge in [-0.25, -0.2) is 0 Å². The number of hydrogen-bond donors (Lipinski definition) is 0. The Morgan fingerprint density at radius 3 is 2.44 bits per heavy atom. The van der Waals surface area contributed by atoms with E-state index in [1.807, 2.05) is 0 Å². The first kappa shape index (κ1) is 13.5. The highest BCUT2D eigenvalue weighted by Crippen LogP contribution is 2.27. The molecule has 1 aliphatic carbocycles. The van der Waals surface area contributed by atoms with Crippen molar-refractivity contribution < 1.29 is 9.53 Å². The number of rotatable bonds is 5. The molecule has 0 aliphatic heterocycles. The summed E-state index contributed by atoms with van der Waals surface area (Å²) < 4.78 is 4.68. The Kier molecular flexibility index (Phi) is 5.81. The van der Waals surface area contributed by atoms with Crippen molar-refractivity contribution in [3.63, 3.8) is 0 Å². The largest absolute Gasteiger partial charge is 0.469 e. The fraction of sp³-hybridized carbons (Fsp3) is 0.923. The molecule has 1 saturated carbocycles. The van der Waals surface area contributed by atoms with Crippen molar-refractivity contribution in [3.05, 3.63) is 0 Å². The highest BCUT2D eigenvalue weighted by molar-refractivity contribution is 5.69. The molecule has 1 rings (SSSR count). The SMILES string of the molecule is CCN(CCC(=O)OC)C1CCC(C)CC1. The molecule has 1 aliphatic rings. The van der Waals surface area contributed by atoms with Crippen LogP contribution in [0.15, 0.2) is 0 Å². The molecular weight excluding hydrogens is 202 g/mol. The second-order valence-corrected chi connectivity index (χ2v) is 4.87. The second-order valence-electron chi connectivity index (χ2n) is 4.87. The lowest BCUT2D eigenvalue weighted by Crippen LogP contribution is -2.39. The van der Waals surface area contributed by atoms with Crippen LogP contribution in [-0.2, 0) is 9.53 Å². The summed E-state index contributed by atoms with van der Waals surface area (Å²) in [5.74, 6) is 0.790. The van der Waals surface area contributed by atoms with E-state index in [1.165, 1.54) is 32.8 Å². The van der Waals surface area contributed by atoms with E-state index < -0.39 is 0 Å². The zero-order valence-electron chi connectivity index (χ0n) is 10.9. The monoisotopic (exact) mass is 227 g/mol. The van der Waals surface area contributed by atoms with Crippen LogP contribution in [0.1, 0.15) is 46.0 Å². The van der Waals surface area contributed by atoms with Crippen LogP contribution >= 0.6 is 0 Å². The summed E-state index contributed by atoms with van der Waals surface area (Å²) in [6.07, 6.45) is 5.77. The second kappa shape index (κ2) is 6.89. The lowest BCUT2D eigenvalue weighted by Gasteiger charge is -2.35. The first-order valence-corrected chi connectivity index (χ1v) is 6.48. The smallest absolute Gasteiger partial charge is 0.306 e. The normalized spacial score (nSPS) is 25.8. The molecule has 0 N–H and O–H groups in total. The fourth-order valence-corrected chi connectivity index (χ4v) is 2.54. The number of carbonyl (C=O) groups is 1. The number of nitrogens with zero attached hydrogens (tertiary/aromatic N) is 1. The minimum Gasteiger partial charge on any atom is -0.469 e. The average molecular weight is 227 g/mol. The summed E-state index contributed by atoms with van der Waals surface area (Å²) in [5, 5.41) is 0. The number of methoxy groups -OCH3 is 1. The molecule has 94 valence electrons. The van der Waals surface area contributed by atoms with Gasteiger partial charge in [0.25, 0.3) is 0 Å². The maximum atomic E-state index is 11.1. The fourth-order valence-electron chi connectivity index (χ4n) is 2.54. The van der Waals surface area contributed by atoms with Gasteiger partial charge in [-0.15, -0.1) is 0 Å². The molecule has 16 heavy (non-hydrogen) atoms. The third kappa shape index (κ3) is 4.12. The first-order chi connectivity index (χ1) is 7.67. The van der Waals surface area contributed by atoms with E-state index in [-0.39, 0.29) is 5.97 Å². The molecule has 0 aromatic heterocycles. The van der Waals surface area contributed by atoms with Crippen molar-refractivity contribution in [3.8, 4) is 0 Å². The third-order valence-electron chi connectivity index (χ3n) is 3.74. The minimum atomic E-state index is -0.0948. The summed E-state index contributed by atoms with van der Waals surface area (Å²) in [7, 11) is 1.46. The molecule has 0 atom stereocenters. The van der Waals surface area contributed by atoms with Gasteiger partial charge in [-0.3, -0.25) is 4.79 Å². The van der Waals surface area contributed by atoms with Crippen molar-refractivity contribution in [1.29, 1.82) is 0 Å². The highest BCUT2D eigenvalue weighted by atomic mass is 16.5. The molecule has 0 aromatic carbocycles. The number of carbonyl (C=O) groups excluding carboxylic acids is 1. The van der Waals surface area contributed by atoms with Gasteiger partial charge < -0.3 is 9.64 Å². The van der Waals surface area contributed by atoms with Crippen LogP contribution in [0.4, 0.5) is 0 Å². The van der Waals surface area contributed by atoms with Gasteiger partial charge in [-0.1, -0.05) is 13.8 Å². The van der Waals surface area contributed by atoms with Crippen molar-refractivity contribution in [2.24, 2.45) is 5.92 Å². The van der Waals surface area contributed by atoms with Gasteiger partial charge in [0, 0.05) is 12.6 Å². The van der Waals surface area contributed by atoms with Crippen LogP contribution in [0.3, 0.4) is 0 Å². The Bertz CT molecular complexity index is 210. The number of esters is 1. The van der Waals surface area contributed by atoms with Crippen molar-refractivity contribution >= 4 is 5.97 Å². The van der Waals surface area contributed by atoms with E-state index in [4.69, 9.17) is 0 Å². The van der Waals surface area contributed by atoms with Gasteiger partial charge in [0.1, 0.15) is 0 Å².